The molecule has 0 radical (unpaired) electrons. The maximum absolute atomic E-state index is 5.85. The van der Waals surface area contributed by atoms with Gasteiger partial charge in [0.25, 0.3) is 0 Å². The lowest BCUT2D eigenvalue weighted by Gasteiger charge is -2.06. The molecule has 1 aromatic rings. The van der Waals surface area contributed by atoms with Crippen LogP contribution < -0.4 is 5.73 Å². The topological polar surface area (TPSA) is 38.9 Å². The van der Waals surface area contributed by atoms with Gasteiger partial charge >= 0.3 is 0 Å². The van der Waals surface area contributed by atoms with E-state index in [1.807, 2.05) is 19.9 Å². The molecule has 64 valence electrons. The third-order valence-corrected chi connectivity index (χ3v) is 2.02. The molecular weight excluding hydrogens is 192 g/mol. The van der Waals surface area contributed by atoms with Gasteiger partial charge in [0.1, 0.15) is 10.1 Å². The van der Waals surface area contributed by atoms with Gasteiger partial charge in [0.05, 0.1) is 0 Å². The van der Waals surface area contributed by atoms with E-state index in [4.69, 9.17) is 29.6 Å². The van der Waals surface area contributed by atoms with Crippen molar-refractivity contribution in [1.82, 2.24) is 4.98 Å². The Balaban J connectivity index is 3.38. The van der Waals surface area contributed by atoms with E-state index >= 15 is 0 Å². The van der Waals surface area contributed by atoms with Gasteiger partial charge in [-0.15, -0.1) is 0 Å². The fraction of sp³-hybridized carbons (Fsp3) is 0.250. The lowest BCUT2D eigenvalue weighted by Crippen LogP contribution is -2.13. The third-order valence-electron chi connectivity index (χ3n) is 1.55. The fourth-order valence-corrected chi connectivity index (χ4v) is 1.79. The Morgan fingerprint density at radius 2 is 2.17 bits per heavy atom. The minimum absolute atomic E-state index is 0.296. The van der Waals surface area contributed by atoms with Gasteiger partial charge in [-0.05, 0) is 25.5 Å². The molecule has 0 aromatic carbocycles. The highest BCUT2D eigenvalue weighted by atomic mass is 35.5. The molecule has 1 heterocycles. The number of rotatable bonds is 1. The van der Waals surface area contributed by atoms with Crippen molar-refractivity contribution in [2.45, 2.75) is 13.8 Å². The lowest BCUT2D eigenvalue weighted by atomic mass is 10.1. The minimum atomic E-state index is 0.296. The second kappa shape index (κ2) is 3.37. The molecule has 0 saturated carbocycles. The molecule has 0 unspecified atom stereocenters. The molecule has 0 aliphatic carbocycles. The van der Waals surface area contributed by atoms with Gasteiger partial charge in [-0.2, -0.15) is 0 Å². The standard InChI is InChI=1S/C8H9ClN2S/c1-4-3-5(2)11-7(9)6(4)8(10)12/h3H,1-2H3,(H2,10,12). The van der Waals surface area contributed by atoms with Crippen molar-refractivity contribution in [1.29, 1.82) is 0 Å². The molecule has 2 nitrogen and oxygen atoms in total. The number of hydrogen-bond acceptors (Lipinski definition) is 2. The smallest absolute Gasteiger partial charge is 0.139 e. The molecule has 0 fully saturated rings. The van der Waals surface area contributed by atoms with Crippen LogP contribution in [0.4, 0.5) is 0 Å². The summed E-state index contributed by atoms with van der Waals surface area (Å²) in [4.78, 5) is 4.35. The zero-order valence-corrected chi connectivity index (χ0v) is 8.46. The Kier molecular flexibility index (Phi) is 2.65. The normalized spacial score (nSPS) is 9.92. The van der Waals surface area contributed by atoms with Crippen LogP contribution in [0.25, 0.3) is 0 Å². The molecule has 2 N–H and O–H groups in total. The van der Waals surface area contributed by atoms with Gasteiger partial charge in [-0.1, -0.05) is 23.8 Å². The monoisotopic (exact) mass is 200 g/mol. The second-order valence-corrected chi connectivity index (χ2v) is 3.41. The maximum Gasteiger partial charge on any atom is 0.139 e. The summed E-state index contributed by atoms with van der Waals surface area (Å²) < 4.78 is 0. The molecular formula is C8H9ClN2S. The summed E-state index contributed by atoms with van der Waals surface area (Å²) in [6.45, 7) is 3.79. The first-order valence-electron chi connectivity index (χ1n) is 3.46. The third kappa shape index (κ3) is 1.73. The molecule has 0 bridgehead atoms. The van der Waals surface area contributed by atoms with Crippen LogP contribution in [-0.4, -0.2) is 9.97 Å². The van der Waals surface area contributed by atoms with Gasteiger partial charge in [0, 0.05) is 11.3 Å². The van der Waals surface area contributed by atoms with Gasteiger partial charge in [0.2, 0.25) is 0 Å². The second-order valence-electron chi connectivity index (χ2n) is 2.61. The number of nitrogens with zero attached hydrogens (tertiary/aromatic N) is 1. The van der Waals surface area contributed by atoms with Crippen LogP contribution in [-0.2, 0) is 0 Å². The van der Waals surface area contributed by atoms with Crippen molar-refractivity contribution >= 4 is 28.8 Å². The van der Waals surface area contributed by atoms with Gasteiger partial charge in [0.15, 0.2) is 0 Å². The van der Waals surface area contributed by atoms with Crippen LogP contribution in [0.2, 0.25) is 5.15 Å². The molecule has 0 aliphatic heterocycles. The van der Waals surface area contributed by atoms with Crippen molar-refractivity contribution in [2.75, 3.05) is 0 Å². The highest BCUT2D eigenvalue weighted by Crippen LogP contribution is 2.17. The fourth-order valence-electron chi connectivity index (χ4n) is 1.09. The van der Waals surface area contributed by atoms with Crippen LogP contribution in [0.15, 0.2) is 6.07 Å². The Morgan fingerprint density at radius 1 is 1.58 bits per heavy atom. The van der Waals surface area contributed by atoms with E-state index in [1.54, 1.807) is 0 Å². The number of nitrogens with two attached hydrogens (primary N) is 1. The van der Waals surface area contributed by atoms with Crippen molar-refractivity contribution in [3.63, 3.8) is 0 Å². The number of thiocarbonyl (C=S) groups is 1. The van der Waals surface area contributed by atoms with E-state index in [9.17, 15) is 0 Å². The zero-order chi connectivity index (χ0) is 9.30. The Labute approximate surface area is 81.7 Å². The van der Waals surface area contributed by atoms with Gasteiger partial charge < -0.3 is 5.73 Å². The number of halogens is 1. The Hall–Kier alpha value is -0.670. The van der Waals surface area contributed by atoms with Crippen LogP contribution in [0, 0.1) is 13.8 Å². The summed E-state index contributed by atoms with van der Waals surface area (Å²) in [7, 11) is 0. The molecule has 1 aromatic heterocycles. The molecule has 4 heteroatoms. The quantitative estimate of drug-likeness (QED) is 0.557. The Bertz CT molecular complexity index is 313. The average Bonchev–Trinajstić information content (AvgIpc) is 1.82. The SMILES string of the molecule is Cc1cc(C)c(C(N)=S)c(Cl)n1. The van der Waals surface area contributed by atoms with E-state index in [-0.39, 0.29) is 0 Å². The highest BCUT2D eigenvalue weighted by Gasteiger charge is 2.08. The minimum Gasteiger partial charge on any atom is -0.389 e. The van der Waals surface area contributed by atoms with Gasteiger partial charge in [-0.3, -0.25) is 0 Å². The predicted octanol–water partition coefficient (Wildman–Crippen LogP) is 1.99. The summed E-state index contributed by atoms with van der Waals surface area (Å²) in [6, 6.07) is 1.90. The summed E-state index contributed by atoms with van der Waals surface area (Å²) in [5, 5.41) is 0.389. The van der Waals surface area contributed by atoms with E-state index in [0.717, 1.165) is 11.3 Å². The van der Waals surface area contributed by atoms with Crippen molar-refractivity contribution in [3.05, 3.63) is 28.0 Å². The number of hydrogen-bond donors (Lipinski definition) is 1. The number of pyridine rings is 1. The van der Waals surface area contributed by atoms with Crippen LogP contribution in [0.1, 0.15) is 16.8 Å². The molecule has 0 atom stereocenters. The molecule has 12 heavy (non-hydrogen) atoms. The lowest BCUT2D eigenvalue weighted by molar-refractivity contribution is 1.17. The number of aromatic nitrogens is 1. The largest absolute Gasteiger partial charge is 0.389 e. The summed E-state index contributed by atoms with van der Waals surface area (Å²) in [6.07, 6.45) is 0. The van der Waals surface area contributed by atoms with Crippen molar-refractivity contribution < 1.29 is 0 Å². The molecule has 0 spiro atoms. The first-order chi connectivity index (χ1) is 5.52. The molecule has 0 aliphatic rings. The molecule has 1 rings (SSSR count). The summed E-state index contributed by atoms with van der Waals surface area (Å²) >= 11 is 10.7. The summed E-state index contributed by atoms with van der Waals surface area (Å²) in [5.74, 6) is 0. The van der Waals surface area contributed by atoms with Crippen LogP contribution >= 0.6 is 23.8 Å². The van der Waals surface area contributed by atoms with E-state index in [1.165, 1.54) is 0 Å². The maximum atomic E-state index is 5.85. The zero-order valence-electron chi connectivity index (χ0n) is 6.89. The van der Waals surface area contributed by atoms with Crippen molar-refractivity contribution in [3.8, 4) is 0 Å². The molecule has 0 amide bonds. The highest BCUT2D eigenvalue weighted by molar-refractivity contribution is 7.80. The Morgan fingerprint density at radius 3 is 2.58 bits per heavy atom. The summed E-state index contributed by atoms with van der Waals surface area (Å²) in [5.41, 5.74) is 8.00. The number of aryl methyl sites for hydroxylation is 2. The predicted molar refractivity (Wildman–Crippen MR) is 54.6 cm³/mol. The van der Waals surface area contributed by atoms with Crippen LogP contribution in [0.3, 0.4) is 0 Å². The van der Waals surface area contributed by atoms with E-state index < -0.39 is 0 Å². The van der Waals surface area contributed by atoms with Crippen LogP contribution in [0.5, 0.6) is 0 Å². The average molecular weight is 201 g/mol. The van der Waals surface area contributed by atoms with E-state index in [2.05, 4.69) is 4.98 Å². The van der Waals surface area contributed by atoms with Gasteiger partial charge in [-0.25, -0.2) is 4.98 Å². The molecule has 0 saturated heterocycles. The first kappa shape index (κ1) is 9.42. The van der Waals surface area contributed by atoms with Crippen molar-refractivity contribution in [2.24, 2.45) is 5.73 Å². The van der Waals surface area contributed by atoms with E-state index in [0.29, 0.717) is 15.7 Å². The first-order valence-corrected chi connectivity index (χ1v) is 4.24.